The second-order valence-corrected chi connectivity index (χ2v) is 7.09. The highest BCUT2D eigenvalue weighted by atomic mass is 35.5. The van der Waals surface area contributed by atoms with Gasteiger partial charge in [-0.15, -0.1) is 0 Å². The number of amides is 1. The van der Waals surface area contributed by atoms with Gasteiger partial charge in [0.25, 0.3) is 5.91 Å². The van der Waals surface area contributed by atoms with Crippen molar-refractivity contribution in [1.29, 1.82) is 0 Å². The average Bonchev–Trinajstić information content (AvgIpc) is 2.49. The molecule has 2 rings (SSSR count). The van der Waals surface area contributed by atoms with Crippen molar-refractivity contribution in [2.24, 2.45) is 0 Å². The van der Waals surface area contributed by atoms with Gasteiger partial charge in [-0.3, -0.25) is 4.79 Å². The van der Waals surface area contributed by atoms with Crippen LogP contribution in [0.4, 0.5) is 4.39 Å². The van der Waals surface area contributed by atoms with E-state index in [0.29, 0.717) is 10.8 Å². The van der Waals surface area contributed by atoms with Gasteiger partial charge in [0.1, 0.15) is 11.6 Å². The Hall–Kier alpha value is -2.07. The van der Waals surface area contributed by atoms with Crippen LogP contribution in [0.2, 0.25) is 5.02 Å². The summed E-state index contributed by atoms with van der Waals surface area (Å²) in [5, 5.41) is 3.55. The first-order valence-electron chi connectivity index (χ1n) is 7.63. The first-order chi connectivity index (χ1) is 11.1. The van der Waals surface area contributed by atoms with E-state index in [-0.39, 0.29) is 11.7 Å². The summed E-state index contributed by atoms with van der Waals surface area (Å²) in [6.45, 7) is 7.10. The molecule has 0 aliphatic rings. The van der Waals surface area contributed by atoms with Gasteiger partial charge in [-0.2, -0.15) is 0 Å². The normalized spacial score (nSPS) is 11.9. The minimum Gasteiger partial charge on any atom is -0.478 e. The number of halogens is 2. The zero-order chi connectivity index (χ0) is 18.0. The lowest BCUT2D eigenvalue weighted by Gasteiger charge is -2.32. The van der Waals surface area contributed by atoms with Gasteiger partial charge in [0.15, 0.2) is 5.60 Å². The molecule has 128 valence electrons. The van der Waals surface area contributed by atoms with E-state index in [1.165, 1.54) is 12.1 Å². The van der Waals surface area contributed by atoms with Crippen molar-refractivity contribution < 1.29 is 13.9 Å². The third-order valence-corrected chi connectivity index (χ3v) is 3.98. The molecule has 0 atom stereocenters. The number of carbonyl (C=O) groups is 1. The van der Waals surface area contributed by atoms with Crippen molar-refractivity contribution in [2.75, 3.05) is 0 Å². The molecule has 1 N–H and O–H groups in total. The van der Waals surface area contributed by atoms with E-state index in [1.54, 1.807) is 50.2 Å². The molecule has 0 spiro atoms. The van der Waals surface area contributed by atoms with Crippen LogP contribution in [-0.4, -0.2) is 11.5 Å². The monoisotopic (exact) mass is 349 g/mol. The van der Waals surface area contributed by atoms with Crippen molar-refractivity contribution in [2.45, 2.75) is 38.8 Å². The van der Waals surface area contributed by atoms with Crippen LogP contribution < -0.4 is 10.1 Å². The number of hydrogen-bond donors (Lipinski definition) is 1. The summed E-state index contributed by atoms with van der Waals surface area (Å²) in [5.41, 5.74) is -0.934. The quantitative estimate of drug-likeness (QED) is 0.850. The van der Waals surface area contributed by atoms with Crippen LogP contribution in [0.15, 0.2) is 48.5 Å². The molecule has 0 aliphatic carbocycles. The van der Waals surface area contributed by atoms with Crippen LogP contribution in [0.1, 0.15) is 33.3 Å². The minimum absolute atomic E-state index is 0.272. The Balaban J connectivity index is 2.11. The highest BCUT2D eigenvalue weighted by Gasteiger charge is 2.34. The molecule has 0 bridgehead atoms. The first-order valence-corrected chi connectivity index (χ1v) is 8.01. The van der Waals surface area contributed by atoms with Gasteiger partial charge in [0.2, 0.25) is 0 Å². The zero-order valence-electron chi connectivity index (χ0n) is 14.2. The molecule has 24 heavy (non-hydrogen) atoms. The Labute approximate surface area is 146 Å². The van der Waals surface area contributed by atoms with Gasteiger partial charge in [0, 0.05) is 5.02 Å². The molecule has 5 heteroatoms. The molecule has 0 heterocycles. The van der Waals surface area contributed by atoms with E-state index in [0.717, 1.165) is 5.56 Å². The van der Waals surface area contributed by atoms with Crippen LogP contribution in [0.25, 0.3) is 0 Å². The fraction of sp³-hybridized carbons (Fsp3) is 0.316. The molecule has 0 saturated heterocycles. The van der Waals surface area contributed by atoms with E-state index in [2.05, 4.69) is 5.32 Å². The van der Waals surface area contributed by atoms with E-state index in [4.69, 9.17) is 16.3 Å². The summed E-state index contributed by atoms with van der Waals surface area (Å²) >= 11 is 5.85. The number of carbonyl (C=O) groups excluding carboxylic acids is 1. The largest absolute Gasteiger partial charge is 0.478 e. The molecule has 2 aromatic rings. The second-order valence-electron chi connectivity index (χ2n) is 6.65. The summed E-state index contributed by atoms with van der Waals surface area (Å²) in [7, 11) is 0. The average molecular weight is 350 g/mol. The number of nitrogens with one attached hydrogen (secondary N) is 1. The van der Waals surface area contributed by atoms with Gasteiger partial charge < -0.3 is 10.1 Å². The maximum atomic E-state index is 13.1. The molecule has 0 aromatic heterocycles. The van der Waals surface area contributed by atoms with E-state index < -0.39 is 11.1 Å². The van der Waals surface area contributed by atoms with Crippen LogP contribution in [0.3, 0.4) is 0 Å². The molecule has 3 nitrogen and oxygen atoms in total. The molecule has 0 aliphatic heterocycles. The molecular formula is C19H21ClFNO2. The first kappa shape index (κ1) is 18.3. The SMILES string of the molecule is CC(C)(Oc1ccc(Cl)cc1)C(=O)NC(C)(C)c1ccc(F)cc1. The lowest BCUT2D eigenvalue weighted by atomic mass is 9.93. The number of benzene rings is 2. The van der Waals surface area contributed by atoms with Crippen LogP contribution in [0.5, 0.6) is 5.75 Å². The number of ether oxygens (including phenoxy) is 1. The zero-order valence-corrected chi connectivity index (χ0v) is 14.9. The molecule has 0 unspecified atom stereocenters. The van der Waals surface area contributed by atoms with Crippen molar-refractivity contribution >= 4 is 17.5 Å². The summed E-state index contributed by atoms with van der Waals surface area (Å²) in [5.74, 6) is -0.0295. The third-order valence-electron chi connectivity index (χ3n) is 3.73. The van der Waals surface area contributed by atoms with Crippen molar-refractivity contribution in [3.8, 4) is 5.75 Å². The summed E-state index contributed by atoms with van der Waals surface area (Å²) in [6, 6.07) is 12.9. The predicted molar refractivity (Wildman–Crippen MR) is 93.7 cm³/mol. The second kappa shape index (κ2) is 6.81. The van der Waals surface area contributed by atoms with Crippen molar-refractivity contribution in [1.82, 2.24) is 5.32 Å². The Morgan fingerprint density at radius 3 is 2.08 bits per heavy atom. The number of hydrogen-bond acceptors (Lipinski definition) is 2. The van der Waals surface area contributed by atoms with Crippen LogP contribution in [0, 0.1) is 5.82 Å². The lowest BCUT2D eigenvalue weighted by Crippen LogP contribution is -2.52. The Morgan fingerprint density at radius 2 is 1.54 bits per heavy atom. The van der Waals surface area contributed by atoms with Crippen molar-refractivity contribution in [3.63, 3.8) is 0 Å². The van der Waals surface area contributed by atoms with Crippen LogP contribution >= 0.6 is 11.6 Å². The lowest BCUT2D eigenvalue weighted by molar-refractivity contribution is -0.136. The standard InChI is InChI=1S/C19H21ClFNO2/c1-18(2,13-5-9-15(21)10-6-13)22-17(23)19(3,4)24-16-11-7-14(20)8-12-16/h5-12H,1-4H3,(H,22,23). The fourth-order valence-electron chi connectivity index (χ4n) is 2.22. The topological polar surface area (TPSA) is 38.3 Å². The van der Waals surface area contributed by atoms with Crippen molar-refractivity contribution in [3.05, 3.63) is 64.9 Å². The summed E-state index contributed by atoms with van der Waals surface area (Å²) in [6.07, 6.45) is 0. The third kappa shape index (κ3) is 4.48. The fourth-order valence-corrected chi connectivity index (χ4v) is 2.34. The molecule has 2 aromatic carbocycles. The van der Waals surface area contributed by atoms with Gasteiger partial charge >= 0.3 is 0 Å². The van der Waals surface area contributed by atoms with Gasteiger partial charge in [0.05, 0.1) is 5.54 Å². The van der Waals surface area contributed by atoms with Gasteiger partial charge in [-0.1, -0.05) is 23.7 Å². The highest BCUT2D eigenvalue weighted by Crippen LogP contribution is 2.24. The maximum absolute atomic E-state index is 13.1. The summed E-state index contributed by atoms with van der Waals surface area (Å²) in [4.78, 5) is 12.7. The van der Waals surface area contributed by atoms with Gasteiger partial charge in [-0.25, -0.2) is 4.39 Å². The van der Waals surface area contributed by atoms with E-state index in [1.807, 2.05) is 13.8 Å². The smallest absolute Gasteiger partial charge is 0.264 e. The van der Waals surface area contributed by atoms with E-state index >= 15 is 0 Å². The Kier molecular flexibility index (Phi) is 5.19. The molecule has 1 amide bonds. The molecular weight excluding hydrogens is 329 g/mol. The van der Waals surface area contributed by atoms with Crippen LogP contribution in [-0.2, 0) is 10.3 Å². The molecule has 0 fully saturated rings. The Morgan fingerprint density at radius 1 is 1.00 bits per heavy atom. The minimum atomic E-state index is -1.08. The summed E-state index contributed by atoms with van der Waals surface area (Å²) < 4.78 is 18.9. The predicted octanol–water partition coefficient (Wildman–Crippen LogP) is 4.69. The molecule has 0 saturated carbocycles. The maximum Gasteiger partial charge on any atom is 0.264 e. The van der Waals surface area contributed by atoms with E-state index in [9.17, 15) is 9.18 Å². The number of rotatable bonds is 5. The van der Waals surface area contributed by atoms with Gasteiger partial charge in [-0.05, 0) is 69.7 Å². The molecule has 0 radical (unpaired) electrons. The Bertz CT molecular complexity index is 709. The highest BCUT2D eigenvalue weighted by molar-refractivity contribution is 6.30.